The maximum Gasteiger partial charge on any atom is 0.268 e. The van der Waals surface area contributed by atoms with Crippen LogP contribution in [0.5, 0.6) is 0 Å². The van der Waals surface area contributed by atoms with Crippen LogP contribution in [0.15, 0.2) is 30.3 Å². The molecule has 1 aromatic carbocycles. The second-order valence-corrected chi connectivity index (χ2v) is 6.66. The van der Waals surface area contributed by atoms with E-state index in [2.05, 4.69) is 39.0 Å². The number of rotatable bonds is 2. The van der Waals surface area contributed by atoms with Crippen molar-refractivity contribution in [2.45, 2.75) is 39.7 Å². The predicted octanol–water partition coefficient (Wildman–Crippen LogP) is 4.21. The van der Waals surface area contributed by atoms with Crippen LogP contribution in [0.2, 0.25) is 0 Å². The Hall–Kier alpha value is -1.61. The van der Waals surface area contributed by atoms with Crippen molar-refractivity contribution in [1.29, 1.82) is 0 Å². The Morgan fingerprint density at radius 2 is 2.15 bits per heavy atom. The maximum absolute atomic E-state index is 12.8. The van der Waals surface area contributed by atoms with E-state index in [4.69, 9.17) is 0 Å². The molecule has 1 amide bonds. The Labute approximate surface area is 124 Å². The van der Waals surface area contributed by atoms with Gasteiger partial charge < -0.3 is 4.90 Å². The molecular formula is C17H19NOS. The number of aryl methyl sites for hydroxylation is 2. The monoisotopic (exact) mass is 285 g/mol. The van der Waals surface area contributed by atoms with Crippen molar-refractivity contribution in [3.05, 3.63) is 51.2 Å². The molecule has 2 aromatic rings. The van der Waals surface area contributed by atoms with Gasteiger partial charge in [-0.25, -0.2) is 0 Å². The Morgan fingerprint density at radius 1 is 1.40 bits per heavy atom. The highest BCUT2D eigenvalue weighted by molar-refractivity contribution is 7.14. The number of para-hydroxylation sites is 1. The van der Waals surface area contributed by atoms with E-state index >= 15 is 0 Å². The van der Waals surface area contributed by atoms with Gasteiger partial charge in [-0.3, -0.25) is 4.79 Å². The van der Waals surface area contributed by atoms with Gasteiger partial charge in [-0.05, 0) is 49.9 Å². The number of amides is 1. The molecule has 1 aliphatic rings. The Kier molecular flexibility index (Phi) is 3.38. The fraction of sp³-hybridized carbons (Fsp3) is 0.353. The third-order valence-electron chi connectivity index (χ3n) is 4.04. The summed E-state index contributed by atoms with van der Waals surface area (Å²) in [5.74, 6) is 0.148. The molecule has 3 rings (SSSR count). The lowest BCUT2D eigenvalue weighted by Gasteiger charge is -2.21. The maximum atomic E-state index is 12.8. The van der Waals surface area contributed by atoms with Gasteiger partial charge in [0.25, 0.3) is 5.91 Å². The van der Waals surface area contributed by atoms with Gasteiger partial charge in [0, 0.05) is 16.6 Å². The van der Waals surface area contributed by atoms with Crippen LogP contribution < -0.4 is 4.90 Å². The fourth-order valence-electron chi connectivity index (χ4n) is 2.97. The van der Waals surface area contributed by atoms with Crippen LogP contribution in [0.3, 0.4) is 0 Å². The van der Waals surface area contributed by atoms with E-state index in [9.17, 15) is 4.79 Å². The van der Waals surface area contributed by atoms with E-state index < -0.39 is 0 Å². The molecule has 1 aliphatic heterocycles. The van der Waals surface area contributed by atoms with E-state index in [1.54, 1.807) is 11.3 Å². The number of nitrogens with zero attached hydrogens (tertiary/aromatic N) is 1. The quantitative estimate of drug-likeness (QED) is 0.809. The van der Waals surface area contributed by atoms with Crippen molar-refractivity contribution in [2.75, 3.05) is 4.90 Å². The van der Waals surface area contributed by atoms with E-state index in [0.717, 1.165) is 23.4 Å². The largest absolute Gasteiger partial charge is 0.304 e. The smallest absolute Gasteiger partial charge is 0.268 e. The van der Waals surface area contributed by atoms with Crippen LogP contribution in [0, 0.1) is 6.92 Å². The molecule has 0 radical (unpaired) electrons. The highest BCUT2D eigenvalue weighted by Crippen LogP contribution is 2.34. The molecule has 0 spiro atoms. The lowest BCUT2D eigenvalue weighted by Crippen LogP contribution is -2.35. The Morgan fingerprint density at radius 3 is 2.85 bits per heavy atom. The van der Waals surface area contributed by atoms with Crippen LogP contribution in [0.25, 0.3) is 0 Å². The highest BCUT2D eigenvalue weighted by atomic mass is 32.1. The Balaban J connectivity index is 1.98. The third-order valence-corrected chi connectivity index (χ3v) is 5.12. The molecule has 2 nitrogen and oxygen atoms in total. The van der Waals surface area contributed by atoms with Gasteiger partial charge in [-0.15, -0.1) is 11.3 Å². The summed E-state index contributed by atoms with van der Waals surface area (Å²) in [6.45, 7) is 6.36. The van der Waals surface area contributed by atoms with E-state index in [1.165, 1.54) is 16.0 Å². The zero-order chi connectivity index (χ0) is 14.3. The number of hydrogen-bond acceptors (Lipinski definition) is 2. The SMILES string of the molecule is CCc1cc(C(=O)N2c3ccccc3CC2C)sc1C. The molecule has 3 heteroatoms. The second kappa shape index (κ2) is 5.06. The van der Waals surface area contributed by atoms with Crippen molar-refractivity contribution in [3.63, 3.8) is 0 Å². The van der Waals surface area contributed by atoms with Crippen molar-refractivity contribution in [2.24, 2.45) is 0 Å². The first-order valence-corrected chi connectivity index (χ1v) is 7.94. The molecule has 0 aliphatic carbocycles. The summed E-state index contributed by atoms with van der Waals surface area (Å²) >= 11 is 1.62. The molecule has 104 valence electrons. The summed E-state index contributed by atoms with van der Waals surface area (Å²) in [5, 5.41) is 0. The van der Waals surface area contributed by atoms with Crippen molar-refractivity contribution >= 4 is 22.9 Å². The van der Waals surface area contributed by atoms with Crippen LogP contribution in [0.1, 0.15) is 39.5 Å². The molecule has 1 aromatic heterocycles. The number of carbonyl (C=O) groups excluding carboxylic acids is 1. The zero-order valence-corrected chi connectivity index (χ0v) is 13.0. The minimum Gasteiger partial charge on any atom is -0.304 e. The molecule has 20 heavy (non-hydrogen) atoms. The molecule has 1 unspecified atom stereocenters. The summed E-state index contributed by atoms with van der Waals surface area (Å²) < 4.78 is 0. The molecular weight excluding hydrogens is 266 g/mol. The number of anilines is 1. The first-order valence-electron chi connectivity index (χ1n) is 7.12. The van der Waals surface area contributed by atoms with Crippen molar-refractivity contribution < 1.29 is 4.79 Å². The highest BCUT2D eigenvalue weighted by Gasteiger charge is 2.32. The van der Waals surface area contributed by atoms with Crippen LogP contribution in [0.4, 0.5) is 5.69 Å². The first-order chi connectivity index (χ1) is 9.61. The number of carbonyl (C=O) groups is 1. The predicted molar refractivity (Wildman–Crippen MR) is 84.9 cm³/mol. The van der Waals surface area contributed by atoms with Crippen molar-refractivity contribution in [1.82, 2.24) is 0 Å². The third kappa shape index (κ3) is 2.06. The number of benzene rings is 1. The molecule has 1 atom stereocenters. The molecule has 0 N–H and O–H groups in total. The van der Waals surface area contributed by atoms with Gasteiger partial charge in [0.15, 0.2) is 0 Å². The lowest BCUT2D eigenvalue weighted by molar-refractivity contribution is 0.0985. The molecule has 0 saturated heterocycles. The summed E-state index contributed by atoms with van der Waals surface area (Å²) in [6, 6.07) is 10.5. The summed E-state index contributed by atoms with van der Waals surface area (Å²) in [5.41, 5.74) is 3.64. The van der Waals surface area contributed by atoms with Gasteiger partial charge in [0.05, 0.1) is 4.88 Å². The second-order valence-electron chi connectivity index (χ2n) is 5.40. The first kappa shape index (κ1) is 13.4. The number of hydrogen-bond donors (Lipinski definition) is 0. The summed E-state index contributed by atoms with van der Waals surface area (Å²) in [7, 11) is 0. The minimum absolute atomic E-state index is 0.148. The standard InChI is InChI=1S/C17H19NOS/c1-4-13-10-16(20-12(13)3)17(19)18-11(2)9-14-7-5-6-8-15(14)18/h5-8,10-11H,4,9H2,1-3H3. The number of fused-ring (bicyclic) bond motifs is 1. The minimum atomic E-state index is 0.148. The molecule has 2 heterocycles. The van der Waals surface area contributed by atoms with Gasteiger partial charge >= 0.3 is 0 Å². The average Bonchev–Trinajstić information content (AvgIpc) is 2.97. The summed E-state index contributed by atoms with van der Waals surface area (Å²) in [6.07, 6.45) is 1.94. The Bertz CT molecular complexity index is 659. The lowest BCUT2D eigenvalue weighted by atomic mass is 10.1. The fourth-order valence-corrected chi connectivity index (χ4v) is 4.02. The van der Waals surface area contributed by atoms with Gasteiger partial charge in [0.1, 0.15) is 0 Å². The number of thiophene rings is 1. The van der Waals surface area contributed by atoms with Crippen molar-refractivity contribution in [3.8, 4) is 0 Å². The van der Waals surface area contributed by atoms with Crippen LogP contribution >= 0.6 is 11.3 Å². The normalized spacial score (nSPS) is 17.4. The molecule has 0 bridgehead atoms. The van der Waals surface area contributed by atoms with Gasteiger partial charge in [0.2, 0.25) is 0 Å². The average molecular weight is 285 g/mol. The van der Waals surface area contributed by atoms with Crippen LogP contribution in [-0.4, -0.2) is 11.9 Å². The zero-order valence-electron chi connectivity index (χ0n) is 12.1. The van der Waals surface area contributed by atoms with E-state index in [-0.39, 0.29) is 11.9 Å². The van der Waals surface area contributed by atoms with Gasteiger partial charge in [-0.1, -0.05) is 25.1 Å². The summed E-state index contributed by atoms with van der Waals surface area (Å²) in [4.78, 5) is 16.9. The van der Waals surface area contributed by atoms with Crippen LogP contribution in [-0.2, 0) is 12.8 Å². The molecule has 0 fully saturated rings. The molecule has 0 saturated carbocycles. The van der Waals surface area contributed by atoms with E-state index in [0.29, 0.717) is 0 Å². The van der Waals surface area contributed by atoms with Gasteiger partial charge in [-0.2, -0.15) is 0 Å². The van der Waals surface area contributed by atoms with E-state index in [1.807, 2.05) is 17.0 Å². The topological polar surface area (TPSA) is 20.3 Å².